The van der Waals surface area contributed by atoms with E-state index in [4.69, 9.17) is 0 Å². The van der Waals surface area contributed by atoms with Crippen LogP contribution in [0.3, 0.4) is 0 Å². The lowest BCUT2D eigenvalue weighted by atomic mass is 10.2. The molecule has 1 aliphatic heterocycles. The second-order valence-corrected chi connectivity index (χ2v) is 5.17. The first-order valence-electron chi connectivity index (χ1n) is 7.04. The Labute approximate surface area is 108 Å². The standard InChI is InChI=1S/C13H25F3N2/c1-2-3-9-18(10-5-7-13(14,15)16)11-12-6-4-8-17-12/h12,17H,2-11H2,1H3. The van der Waals surface area contributed by atoms with Gasteiger partial charge in [0.2, 0.25) is 0 Å². The van der Waals surface area contributed by atoms with Gasteiger partial charge in [-0.25, -0.2) is 0 Å². The van der Waals surface area contributed by atoms with Gasteiger partial charge in [0.05, 0.1) is 0 Å². The van der Waals surface area contributed by atoms with Crippen molar-refractivity contribution in [3.63, 3.8) is 0 Å². The van der Waals surface area contributed by atoms with Crippen LogP contribution in [0, 0.1) is 0 Å². The van der Waals surface area contributed by atoms with Gasteiger partial charge >= 0.3 is 6.18 Å². The number of nitrogens with zero attached hydrogens (tertiary/aromatic N) is 1. The van der Waals surface area contributed by atoms with E-state index < -0.39 is 12.6 Å². The zero-order chi connectivity index (χ0) is 13.4. The Bertz CT molecular complexity index is 213. The van der Waals surface area contributed by atoms with Crippen LogP contribution < -0.4 is 5.32 Å². The molecule has 1 heterocycles. The maximum Gasteiger partial charge on any atom is 0.389 e. The number of nitrogens with one attached hydrogen (secondary N) is 1. The Morgan fingerprint density at radius 3 is 2.50 bits per heavy atom. The van der Waals surface area contributed by atoms with Gasteiger partial charge in [0.25, 0.3) is 0 Å². The molecule has 1 unspecified atom stereocenters. The van der Waals surface area contributed by atoms with Gasteiger partial charge < -0.3 is 10.2 Å². The molecule has 0 aromatic carbocycles. The van der Waals surface area contributed by atoms with Crippen molar-refractivity contribution in [2.24, 2.45) is 0 Å². The third-order valence-corrected chi connectivity index (χ3v) is 3.40. The van der Waals surface area contributed by atoms with Crippen LogP contribution in [-0.4, -0.2) is 43.3 Å². The molecule has 108 valence electrons. The predicted octanol–water partition coefficient (Wildman–Crippen LogP) is 3.18. The number of alkyl halides is 3. The van der Waals surface area contributed by atoms with Gasteiger partial charge in [-0.05, 0) is 45.3 Å². The zero-order valence-corrected chi connectivity index (χ0v) is 11.2. The molecular weight excluding hydrogens is 241 g/mol. The first-order valence-corrected chi connectivity index (χ1v) is 7.04. The molecule has 18 heavy (non-hydrogen) atoms. The van der Waals surface area contributed by atoms with E-state index in [1.807, 2.05) is 0 Å². The molecule has 0 spiro atoms. The van der Waals surface area contributed by atoms with Crippen molar-refractivity contribution in [3.05, 3.63) is 0 Å². The van der Waals surface area contributed by atoms with Crippen molar-refractivity contribution in [2.75, 3.05) is 26.2 Å². The van der Waals surface area contributed by atoms with Crippen LogP contribution in [0.1, 0.15) is 45.4 Å². The highest BCUT2D eigenvalue weighted by molar-refractivity contribution is 4.78. The molecule has 0 aromatic rings. The number of unbranched alkanes of at least 4 members (excludes halogenated alkanes) is 1. The average molecular weight is 266 g/mol. The van der Waals surface area contributed by atoms with Crippen LogP contribution >= 0.6 is 0 Å². The summed E-state index contributed by atoms with van der Waals surface area (Å²) in [6.45, 7) is 5.55. The highest BCUT2D eigenvalue weighted by Gasteiger charge is 2.26. The summed E-state index contributed by atoms with van der Waals surface area (Å²) in [5.74, 6) is 0. The number of hydrogen-bond acceptors (Lipinski definition) is 2. The van der Waals surface area contributed by atoms with Gasteiger partial charge in [0.1, 0.15) is 0 Å². The molecule has 0 bridgehead atoms. The lowest BCUT2D eigenvalue weighted by Gasteiger charge is -2.25. The van der Waals surface area contributed by atoms with E-state index >= 15 is 0 Å². The van der Waals surface area contributed by atoms with Gasteiger partial charge in [-0.2, -0.15) is 13.2 Å². The lowest BCUT2D eigenvalue weighted by molar-refractivity contribution is -0.136. The number of halogens is 3. The Morgan fingerprint density at radius 2 is 1.94 bits per heavy atom. The van der Waals surface area contributed by atoms with E-state index in [0.29, 0.717) is 12.6 Å². The summed E-state index contributed by atoms with van der Waals surface area (Å²) in [6, 6.07) is 0.479. The maximum absolute atomic E-state index is 12.1. The van der Waals surface area contributed by atoms with Crippen molar-refractivity contribution in [1.29, 1.82) is 0 Å². The topological polar surface area (TPSA) is 15.3 Å². The molecule has 1 atom stereocenters. The molecule has 0 amide bonds. The van der Waals surface area contributed by atoms with E-state index in [2.05, 4.69) is 17.1 Å². The van der Waals surface area contributed by atoms with Crippen molar-refractivity contribution in [1.82, 2.24) is 10.2 Å². The summed E-state index contributed by atoms with van der Waals surface area (Å²) in [5, 5.41) is 3.41. The average Bonchev–Trinajstić information content (AvgIpc) is 2.76. The predicted molar refractivity (Wildman–Crippen MR) is 67.7 cm³/mol. The molecule has 1 rings (SSSR count). The second-order valence-electron chi connectivity index (χ2n) is 5.17. The zero-order valence-electron chi connectivity index (χ0n) is 11.2. The number of hydrogen-bond donors (Lipinski definition) is 1. The van der Waals surface area contributed by atoms with Crippen LogP contribution in [0.2, 0.25) is 0 Å². The first-order chi connectivity index (χ1) is 8.51. The van der Waals surface area contributed by atoms with E-state index in [0.717, 1.165) is 38.9 Å². The SMILES string of the molecule is CCCCN(CCCC(F)(F)F)CC1CCCN1. The monoisotopic (exact) mass is 266 g/mol. The van der Waals surface area contributed by atoms with Gasteiger partial charge in [-0.3, -0.25) is 0 Å². The molecular formula is C13H25F3N2. The largest absolute Gasteiger partial charge is 0.389 e. The third kappa shape index (κ3) is 7.21. The Hall–Kier alpha value is -0.290. The molecule has 1 fully saturated rings. The van der Waals surface area contributed by atoms with E-state index in [9.17, 15) is 13.2 Å². The van der Waals surface area contributed by atoms with Crippen LogP contribution in [-0.2, 0) is 0 Å². The fourth-order valence-corrected chi connectivity index (χ4v) is 2.40. The van der Waals surface area contributed by atoms with Gasteiger partial charge in [0, 0.05) is 19.0 Å². The summed E-state index contributed by atoms with van der Waals surface area (Å²) in [7, 11) is 0. The van der Waals surface area contributed by atoms with Gasteiger partial charge in [-0.1, -0.05) is 13.3 Å². The van der Waals surface area contributed by atoms with Crippen molar-refractivity contribution in [2.45, 2.75) is 57.7 Å². The Kier molecular flexibility index (Phi) is 7.00. The minimum Gasteiger partial charge on any atom is -0.313 e. The van der Waals surface area contributed by atoms with E-state index in [-0.39, 0.29) is 6.42 Å². The van der Waals surface area contributed by atoms with Crippen molar-refractivity contribution < 1.29 is 13.2 Å². The number of rotatable bonds is 8. The summed E-state index contributed by atoms with van der Waals surface area (Å²) >= 11 is 0. The van der Waals surface area contributed by atoms with Crippen LogP contribution in [0.5, 0.6) is 0 Å². The quantitative estimate of drug-likeness (QED) is 0.726. The summed E-state index contributed by atoms with van der Waals surface area (Å²) in [6.07, 6.45) is 0.0546. The summed E-state index contributed by atoms with van der Waals surface area (Å²) in [5.41, 5.74) is 0. The van der Waals surface area contributed by atoms with E-state index in [1.54, 1.807) is 0 Å². The Morgan fingerprint density at radius 1 is 1.22 bits per heavy atom. The van der Waals surface area contributed by atoms with Gasteiger partial charge in [0.15, 0.2) is 0 Å². The molecule has 1 N–H and O–H groups in total. The molecule has 5 heteroatoms. The normalized spacial score (nSPS) is 20.8. The Balaban J connectivity index is 2.25. The molecule has 0 aromatic heterocycles. The molecule has 0 radical (unpaired) electrons. The molecule has 0 saturated carbocycles. The first kappa shape index (κ1) is 15.8. The second kappa shape index (κ2) is 8.00. The van der Waals surface area contributed by atoms with Crippen LogP contribution in [0.4, 0.5) is 13.2 Å². The maximum atomic E-state index is 12.1. The van der Waals surface area contributed by atoms with Gasteiger partial charge in [-0.15, -0.1) is 0 Å². The smallest absolute Gasteiger partial charge is 0.313 e. The minimum atomic E-state index is -4.01. The van der Waals surface area contributed by atoms with Crippen LogP contribution in [0.25, 0.3) is 0 Å². The lowest BCUT2D eigenvalue weighted by Crippen LogP contribution is -2.38. The fraction of sp³-hybridized carbons (Fsp3) is 1.00. The molecule has 1 aliphatic rings. The minimum absolute atomic E-state index is 0.222. The van der Waals surface area contributed by atoms with Crippen molar-refractivity contribution in [3.8, 4) is 0 Å². The summed E-state index contributed by atoms with van der Waals surface area (Å²) < 4.78 is 36.4. The third-order valence-electron chi connectivity index (χ3n) is 3.40. The molecule has 0 aliphatic carbocycles. The molecule has 1 saturated heterocycles. The fourth-order valence-electron chi connectivity index (χ4n) is 2.40. The van der Waals surface area contributed by atoms with E-state index in [1.165, 1.54) is 6.42 Å². The van der Waals surface area contributed by atoms with Crippen molar-refractivity contribution >= 4 is 0 Å². The van der Waals surface area contributed by atoms with Crippen LogP contribution in [0.15, 0.2) is 0 Å². The molecule has 2 nitrogen and oxygen atoms in total. The highest BCUT2D eigenvalue weighted by atomic mass is 19.4. The highest BCUT2D eigenvalue weighted by Crippen LogP contribution is 2.21. The summed E-state index contributed by atoms with van der Waals surface area (Å²) in [4.78, 5) is 2.19.